The molecule has 0 radical (unpaired) electrons. The zero-order chi connectivity index (χ0) is 14.6. The van der Waals surface area contributed by atoms with Gasteiger partial charge in [0.15, 0.2) is 0 Å². The largest absolute Gasteiger partial charge is 0.460 e. The molecule has 3 heteroatoms. The first-order valence-electron chi connectivity index (χ1n) is 8.61. The molecule has 0 unspecified atom stereocenters. The maximum Gasteiger partial charge on any atom is 0.308 e. The van der Waals surface area contributed by atoms with Gasteiger partial charge in [-0.25, -0.2) is 0 Å². The van der Waals surface area contributed by atoms with Crippen molar-refractivity contribution in [1.29, 1.82) is 0 Å². The topological polar surface area (TPSA) is 46.5 Å². The van der Waals surface area contributed by atoms with Crippen molar-refractivity contribution >= 4 is 5.97 Å². The Labute approximate surface area is 124 Å². The van der Waals surface area contributed by atoms with Crippen LogP contribution >= 0.6 is 0 Å². The Morgan fingerprint density at radius 2 is 1.45 bits per heavy atom. The fourth-order valence-corrected chi connectivity index (χ4v) is 2.86. The zero-order valence-corrected chi connectivity index (χ0v) is 13.1. The predicted octanol–water partition coefficient (Wildman–Crippen LogP) is 4.36. The molecule has 0 spiro atoms. The lowest BCUT2D eigenvalue weighted by Crippen LogP contribution is -2.20. The Morgan fingerprint density at radius 3 is 1.90 bits per heavy atom. The monoisotopic (exact) mass is 284 g/mol. The SMILES string of the molecule is CCCCCCCCCCCCC[C@H]1OC(=O)C[C@@H]1O. The molecular formula is C17H32O3. The van der Waals surface area contributed by atoms with Crippen molar-refractivity contribution in [2.75, 3.05) is 0 Å². The number of esters is 1. The van der Waals surface area contributed by atoms with E-state index in [4.69, 9.17) is 4.74 Å². The molecule has 1 heterocycles. The van der Waals surface area contributed by atoms with Crippen LogP contribution in [0.5, 0.6) is 0 Å². The van der Waals surface area contributed by atoms with E-state index in [1.165, 1.54) is 64.2 Å². The van der Waals surface area contributed by atoms with Gasteiger partial charge in [-0.1, -0.05) is 71.1 Å². The van der Waals surface area contributed by atoms with E-state index in [1.54, 1.807) is 0 Å². The predicted molar refractivity (Wildman–Crippen MR) is 81.6 cm³/mol. The summed E-state index contributed by atoms with van der Waals surface area (Å²) in [5, 5.41) is 9.57. The van der Waals surface area contributed by atoms with E-state index in [-0.39, 0.29) is 18.5 Å². The highest BCUT2D eigenvalue weighted by molar-refractivity contribution is 5.72. The van der Waals surface area contributed by atoms with Gasteiger partial charge in [-0.05, 0) is 12.8 Å². The van der Waals surface area contributed by atoms with Crippen molar-refractivity contribution in [2.45, 2.75) is 103 Å². The smallest absolute Gasteiger partial charge is 0.308 e. The van der Waals surface area contributed by atoms with Gasteiger partial charge in [0.25, 0.3) is 0 Å². The van der Waals surface area contributed by atoms with Gasteiger partial charge in [0.1, 0.15) is 12.2 Å². The van der Waals surface area contributed by atoms with Crippen LogP contribution in [0.15, 0.2) is 0 Å². The summed E-state index contributed by atoms with van der Waals surface area (Å²) in [6, 6.07) is 0. The minimum absolute atomic E-state index is 0.183. The second kappa shape index (κ2) is 11.1. The summed E-state index contributed by atoms with van der Waals surface area (Å²) in [5.41, 5.74) is 0. The summed E-state index contributed by atoms with van der Waals surface area (Å²) in [6.45, 7) is 2.26. The van der Waals surface area contributed by atoms with Crippen LogP contribution in [0.2, 0.25) is 0 Å². The number of ether oxygens (including phenoxy) is 1. The van der Waals surface area contributed by atoms with Crippen molar-refractivity contribution in [3.05, 3.63) is 0 Å². The van der Waals surface area contributed by atoms with Crippen LogP contribution in [0, 0.1) is 0 Å². The van der Waals surface area contributed by atoms with Crippen LogP contribution in [0.1, 0.15) is 90.4 Å². The molecular weight excluding hydrogens is 252 g/mol. The summed E-state index contributed by atoms with van der Waals surface area (Å²) in [6.07, 6.45) is 14.7. The third-order valence-electron chi connectivity index (χ3n) is 4.18. The van der Waals surface area contributed by atoms with E-state index >= 15 is 0 Å². The first-order valence-corrected chi connectivity index (χ1v) is 8.61. The van der Waals surface area contributed by atoms with Crippen molar-refractivity contribution in [1.82, 2.24) is 0 Å². The molecule has 1 aliphatic heterocycles. The summed E-state index contributed by atoms with van der Waals surface area (Å²) in [5.74, 6) is -0.245. The number of rotatable bonds is 12. The van der Waals surface area contributed by atoms with Crippen molar-refractivity contribution < 1.29 is 14.6 Å². The lowest BCUT2D eigenvalue weighted by molar-refractivity contribution is -0.142. The average molecular weight is 284 g/mol. The molecule has 20 heavy (non-hydrogen) atoms. The van der Waals surface area contributed by atoms with Crippen molar-refractivity contribution in [3.63, 3.8) is 0 Å². The molecule has 0 aliphatic carbocycles. The highest BCUT2D eigenvalue weighted by atomic mass is 16.6. The first-order chi connectivity index (χ1) is 9.74. The molecule has 118 valence electrons. The fraction of sp³-hybridized carbons (Fsp3) is 0.941. The van der Waals surface area contributed by atoms with Crippen molar-refractivity contribution in [2.24, 2.45) is 0 Å². The summed E-state index contributed by atoms with van der Waals surface area (Å²) in [7, 11) is 0. The maximum atomic E-state index is 11.0. The molecule has 1 saturated heterocycles. The lowest BCUT2D eigenvalue weighted by Gasteiger charge is -2.12. The second-order valence-electron chi connectivity index (χ2n) is 6.12. The van der Waals surface area contributed by atoms with Crippen LogP contribution in [0.25, 0.3) is 0 Å². The van der Waals surface area contributed by atoms with E-state index in [0.717, 1.165) is 12.8 Å². The highest BCUT2D eigenvalue weighted by Gasteiger charge is 2.32. The van der Waals surface area contributed by atoms with Crippen LogP contribution in [0.4, 0.5) is 0 Å². The van der Waals surface area contributed by atoms with Gasteiger partial charge < -0.3 is 9.84 Å². The fourth-order valence-electron chi connectivity index (χ4n) is 2.86. The number of hydrogen-bond acceptors (Lipinski definition) is 3. The molecule has 2 atom stereocenters. The summed E-state index contributed by atoms with van der Waals surface area (Å²) in [4.78, 5) is 11.0. The number of aliphatic hydroxyl groups is 1. The maximum absolute atomic E-state index is 11.0. The van der Waals surface area contributed by atoms with Gasteiger partial charge in [0, 0.05) is 0 Å². The number of cyclic esters (lactones) is 1. The number of aliphatic hydroxyl groups excluding tert-OH is 1. The molecule has 0 aromatic rings. The normalized spacial score (nSPS) is 22.2. The van der Waals surface area contributed by atoms with Crippen molar-refractivity contribution in [3.8, 4) is 0 Å². The Kier molecular flexibility index (Phi) is 9.73. The van der Waals surface area contributed by atoms with Gasteiger partial charge >= 0.3 is 5.97 Å². The average Bonchev–Trinajstić information content (AvgIpc) is 2.74. The van der Waals surface area contributed by atoms with Gasteiger partial charge in [0.05, 0.1) is 6.42 Å². The third kappa shape index (κ3) is 7.88. The number of carbonyl (C=O) groups excluding carboxylic acids is 1. The molecule has 0 bridgehead atoms. The zero-order valence-electron chi connectivity index (χ0n) is 13.1. The minimum Gasteiger partial charge on any atom is -0.460 e. The molecule has 1 N–H and O–H groups in total. The van der Waals surface area contributed by atoms with Crippen LogP contribution < -0.4 is 0 Å². The second-order valence-corrected chi connectivity index (χ2v) is 6.12. The third-order valence-corrected chi connectivity index (χ3v) is 4.18. The van der Waals surface area contributed by atoms with Crippen LogP contribution in [0.3, 0.4) is 0 Å². The van der Waals surface area contributed by atoms with E-state index < -0.39 is 6.10 Å². The van der Waals surface area contributed by atoms with E-state index in [0.29, 0.717) is 0 Å². The molecule has 0 aromatic carbocycles. The van der Waals surface area contributed by atoms with Gasteiger partial charge in [-0.2, -0.15) is 0 Å². The van der Waals surface area contributed by atoms with E-state index in [1.807, 2.05) is 0 Å². The quantitative estimate of drug-likeness (QED) is 0.428. The molecule has 1 aliphatic rings. The van der Waals surface area contributed by atoms with Gasteiger partial charge in [0.2, 0.25) is 0 Å². The number of unbranched alkanes of at least 4 members (excludes halogenated alkanes) is 10. The van der Waals surface area contributed by atoms with E-state index in [9.17, 15) is 9.90 Å². The van der Waals surface area contributed by atoms with Crippen LogP contribution in [-0.4, -0.2) is 23.3 Å². The van der Waals surface area contributed by atoms with Gasteiger partial charge in [-0.3, -0.25) is 4.79 Å². The molecule has 1 rings (SSSR count). The molecule has 0 amide bonds. The standard InChI is InChI=1S/C17H32O3/c1-2-3-4-5-6-7-8-9-10-11-12-13-16-15(18)14-17(19)20-16/h15-16,18H,2-14H2,1H3/t15-,16+/m0/s1. The minimum atomic E-state index is -0.564. The Morgan fingerprint density at radius 1 is 0.950 bits per heavy atom. The molecule has 3 nitrogen and oxygen atoms in total. The summed E-state index contributed by atoms with van der Waals surface area (Å²) < 4.78 is 5.08. The Hall–Kier alpha value is -0.570. The first kappa shape index (κ1) is 17.5. The molecule has 1 fully saturated rings. The Bertz CT molecular complexity index is 253. The Balaban J connectivity index is 1.80. The van der Waals surface area contributed by atoms with Crippen LogP contribution in [-0.2, 0) is 9.53 Å². The number of carbonyl (C=O) groups is 1. The lowest BCUT2D eigenvalue weighted by atomic mass is 10.0. The molecule has 0 aromatic heterocycles. The van der Waals surface area contributed by atoms with E-state index in [2.05, 4.69) is 6.92 Å². The molecule has 0 saturated carbocycles. The van der Waals surface area contributed by atoms with Gasteiger partial charge in [-0.15, -0.1) is 0 Å². The highest BCUT2D eigenvalue weighted by Crippen LogP contribution is 2.21. The number of hydrogen-bond donors (Lipinski definition) is 1. The summed E-state index contributed by atoms with van der Waals surface area (Å²) >= 11 is 0.